The average molecular weight is 194 g/mol. The number of hydrogen-bond acceptors (Lipinski definition) is 3. The predicted octanol–water partition coefficient (Wildman–Crippen LogP) is 2.66. The van der Waals surface area contributed by atoms with Crippen LogP contribution in [0, 0.1) is 0 Å². The van der Waals surface area contributed by atoms with Crippen molar-refractivity contribution in [2.45, 2.75) is 12.8 Å². The number of thiol groups is 1. The lowest BCUT2D eigenvalue weighted by Gasteiger charge is -1.89. The van der Waals surface area contributed by atoms with Crippen molar-refractivity contribution in [1.29, 1.82) is 0 Å². The van der Waals surface area contributed by atoms with Crippen LogP contribution in [0.3, 0.4) is 0 Å². The molecule has 0 N–H and O–H groups in total. The lowest BCUT2D eigenvalue weighted by Crippen LogP contribution is -1.79. The highest BCUT2D eigenvalue weighted by molar-refractivity contribution is 7.80. The van der Waals surface area contributed by atoms with E-state index >= 15 is 0 Å². The van der Waals surface area contributed by atoms with Crippen LogP contribution in [0.4, 0.5) is 0 Å². The lowest BCUT2D eigenvalue weighted by atomic mass is 10.3. The van der Waals surface area contributed by atoms with Crippen LogP contribution in [0.15, 0.2) is 6.20 Å². The molecular weight excluding hydrogens is 186 g/mol. The lowest BCUT2D eigenvalue weighted by molar-refractivity contribution is 0.951. The fourth-order valence-electron chi connectivity index (χ4n) is 0.652. The molecule has 0 amide bonds. The molecule has 0 unspecified atom stereocenters. The van der Waals surface area contributed by atoms with Crippen molar-refractivity contribution in [2.24, 2.45) is 0 Å². The molecule has 0 aliphatic heterocycles. The first-order valence-electron chi connectivity index (χ1n) is 3.04. The Morgan fingerprint density at radius 1 is 1.70 bits per heavy atom. The summed E-state index contributed by atoms with van der Waals surface area (Å²) in [4.78, 5) is 5.18. The van der Waals surface area contributed by atoms with Gasteiger partial charge in [0.1, 0.15) is 0 Å². The minimum absolute atomic E-state index is 0.633. The average Bonchev–Trinajstić information content (AvgIpc) is 2.31. The summed E-state index contributed by atoms with van der Waals surface area (Å²) in [6.45, 7) is 0. The van der Waals surface area contributed by atoms with Crippen LogP contribution in [-0.4, -0.2) is 10.7 Å². The maximum atomic E-state index is 5.63. The Morgan fingerprint density at radius 2 is 2.50 bits per heavy atom. The van der Waals surface area contributed by atoms with Gasteiger partial charge in [0, 0.05) is 11.1 Å². The summed E-state index contributed by atoms with van der Waals surface area (Å²) in [6, 6.07) is 0. The highest BCUT2D eigenvalue weighted by Gasteiger charge is 1.97. The van der Waals surface area contributed by atoms with Gasteiger partial charge in [-0.1, -0.05) is 11.6 Å². The van der Waals surface area contributed by atoms with E-state index in [4.69, 9.17) is 11.6 Å². The third-order valence-corrected chi connectivity index (χ3v) is 2.60. The molecule has 0 radical (unpaired) electrons. The van der Waals surface area contributed by atoms with Gasteiger partial charge in [-0.05, 0) is 18.6 Å². The van der Waals surface area contributed by atoms with Gasteiger partial charge in [0.05, 0.1) is 0 Å². The SMILES string of the molecule is SCCCc1cnc(Cl)s1. The van der Waals surface area contributed by atoms with Crippen molar-refractivity contribution in [2.75, 3.05) is 5.75 Å². The maximum Gasteiger partial charge on any atom is 0.183 e. The van der Waals surface area contributed by atoms with E-state index in [1.165, 1.54) is 4.88 Å². The van der Waals surface area contributed by atoms with Crippen molar-refractivity contribution in [3.05, 3.63) is 15.5 Å². The zero-order valence-electron chi connectivity index (χ0n) is 5.38. The largest absolute Gasteiger partial charge is 0.233 e. The van der Waals surface area contributed by atoms with Crippen LogP contribution in [0.2, 0.25) is 4.47 Å². The van der Waals surface area contributed by atoms with Gasteiger partial charge in [-0.25, -0.2) is 4.98 Å². The number of hydrogen-bond donors (Lipinski definition) is 1. The summed E-state index contributed by atoms with van der Waals surface area (Å²) in [5, 5.41) is 0. The van der Waals surface area contributed by atoms with Gasteiger partial charge >= 0.3 is 0 Å². The molecular formula is C6H8ClNS2. The molecule has 0 fully saturated rings. The normalized spacial score (nSPS) is 10.2. The molecule has 1 aromatic heterocycles. The quantitative estimate of drug-likeness (QED) is 0.729. The van der Waals surface area contributed by atoms with Crippen LogP contribution in [0.1, 0.15) is 11.3 Å². The Hall–Kier alpha value is 0.270. The number of thiazole rings is 1. The first-order chi connectivity index (χ1) is 4.83. The summed E-state index contributed by atoms with van der Waals surface area (Å²) in [6.07, 6.45) is 3.98. The monoisotopic (exact) mass is 193 g/mol. The van der Waals surface area contributed by atoms with Gasteiger partial charge in [-0.15, -0.1) is 11.3 Å². The molecule has 0 saturated carbocycles. The predicted molar refractivity (Wildman–Crippen MR) is 49.3 cm³/mol. The molecule has 0 bridgehead atoms. The van der Waals surface area contributed by atoms with E-state index in [-0.39, 0.29) is 0 Å². The molecule has 0 atom stereocenters. The first-order valence-corrected chi connectivity index (χ1v) is 4.86. The Morgan fingerprint density at radius 3 is 3.00 bits per heavy atom. The number of rotatable bonds is 3. The fourth-order valence-corrected chi connectivity index (χ4v) is 1.83. The molecule has 0 aliphatic rings. The molecule has 56 valence electrons. The van der Waals surface area contributed by atoms with Crippen LogP contribution in [0.5, 0.6) is 0 Å². The first kappa shape index (κ1) is 8.37. The van der Waals surface area contributed by atoms with E-state index in [1.807, 2.05) is 6.20 Å². The van der Waals surface area contributed by atoms with E-state index in [0.29, 0.717) is 4.47 Å². The highest BCUT2D eigenvalue weighted by Crippen LogP contribution is 2.18. The van der Waals surface area contributed by atoms with Crippen molar-refractivity contribution in [1.82, 2.24) is 4.98 Å². The minimum atomic E-state index is 0.633. The van der Waals surface area contributed by atoms with Gasteiger partial charge in [0.2, 0.25) is 0 Å². The minimum Gasteiger partial charge on any atom is -0.233 e. The zero-order valence-corrected chi connectivity index (χ0v) is 7.85. The molecule has 4 heteroatoms. The second-order valence-corrected chi connectivity index (χ2v) is 4.05. The summed E-state index contributed by atoms with van der Waals surface area (Å²) >= 11 is 11.3. The molecule has 1 nitrogen and oxygen atoms in total. The van der Waals surface area contributed by atoms with Crippen molar-refractivity contribution < 1.29 is 0 Å². The van der Waals surface area contributed by atoms with Crippen LogP contribution < -0.4 is 0 Å². The number of aryl methyl sites for hydroxylation is 1. The Balaban J connectivity index is 2.42. The summed E-state index contributed by atoms with van der Waals surface area (Å²) < 4.78 is 0.633. The van der Waals surface area contributed by atoms with Crippen molar-refractivity contribution in [3.8, 4) is 0 Å². The van der Waals surface area contributed by atoms with Gasteiger partial charge in [-0.3, -0.25) is 0 Å². The third-order valence-electron chi connectivity index (χ3n) is 1.11. The van der Waals surface area contributed by atoms with E-state index in [1.54, 1.807) is 11.3 Å². The van der Waals surface area contributed by atoms with Crippen LogP contribution in [0.25, 0.3) is 0 Å². The van der Waals surface area contributed by atoms with Gasteiger partial charge in [-0.2, -0.15) is 12.6 Å². The van der Waals surface area contributed by atoms with Crippen LogP contribution >= 0.6 is 35.6 Å². The molecule has 0 aliphatic carbocycles. The molecule has 0 spiro atoms. The third kappa shape index (κ3) is 2.48. The highest BCUT2D eigenvalue weighted by atomic mass is 35.5. The van der Waals surface area contributed by atoms with Crippen LogP contribution in [-0.2, 0) is 6.42 Å². The summed E-state index contributed by atoms with van der Waals surface area (Å²) in [7, 11) is 0. The fraction of sp³-hybridized carbons (Fsp3) is 0.500. The zero-order chi connectivity index (χ0) is 7.40. The Labute approximate surface area is 74.8 Å². The van der Waals surface area contributed by atoms with Gasteiger partial charge in [0.25, 0.3) is 0 Å². The van der Waals surface area contributed by atoms with E-state index < -0.39 is 0 Å². The van der Waals surface area contributed by atoms with Crippen molar-refractivity contribution in [3.63, 3.8) is 0 Å². The van der Waals surface area contributed by atoms with E-state index in [9.17, 15) is 0 Å². The summed E-state index contributed by atoms with van der Waals surface area (Å²) in [5.41, 5.74) is 0. The molecule has 10 heavy (non-hydrogen) atoms. The summed E-state index contributed by atoms with van der Waals surface area (Å²) in [5.74, 6) is 0.926. The molecule has 0 aromatic carbocycles. The maximum absolute atomic E-state index is 5.63. The second kappa shape index (κ2) is 4.21. The topological polar surface area (TPSA) is 12.9 Å². The van der Waals surface area contributed by atoms with Gasteiger partial charge < -0.3 is 0 Å². The molecule has 1 heterocycles. The van der Waals surface area contributed by atoms with Crippen molar-refractivity contribution >= 4 is 35.6 Å². The number of aromatic nitrogens is 1. The molecule has 1 aromatic rings. The molecule has 1 rings (SSSR count). The smallest absolute Gasteiger partial charge is 0.183 e. The Kier molecular flexibility index (Phi) is 3.52. The molecule has 0 saturated heterocycles. The standard InChI is InChI=1S/C6H8ClNS2/c7-6-8-4-5(10-6)2-1-3-9/h4,9H,1-3H2. The van der Waals surface area contributed by atoms with E-state index in [2.05, 4.69) is 17.6 Å². The second-order valence-electron chi connectivity index (χ2n) is 1.91. The van der Waals surface area contributed by atoms with Gasteiger partial charge in [0.15, 0.2) is 4.47 Å². The van der Waals surface area contributed by atoms with E-state index in [0.717, 1.165) is 18.6 Å². The number of nitrogens with zero attached hydrogens (tertiary/aromatic N) is 1. The number of halogens is 1. The Bertz CT molecular complexity index is 199.